The van der Waals surface area contributed by atoms with E-state index in [4.69, 9.17) is 14.2 Å². The van der Waals surface area contributed by atoms with Gasteiger partial charge in [0.25, 0.3) is 0 Å². The Bertz CT molecular complexity index is 338. The van der Waals surface area contributed by atoms with Crippen molar-refractivity contribution in [3.63, 3.8) is 0 Å². The van der Waals surface area contributed by atoms with E-state index < -0.39 is 0 Å². The van der Waals surface area contributed by atoms with Gasteiger partial charge in [0.05, 0.1) is 19.3 Å². The van der Waals surface area contributed by atoms with Crippen LogP contribution >= 0.6 is 0 Å². The molecule has 0 saturated carbocycles. The molecule has 0 radical (unpaired) electrons. The lowest BCUT2D eigenvalue weighted by Crippen LogP contribution is -2.09. The molecule has 3 nitrogen and oxygen atoms in total. The SMILES string of the molecule is C=CC(C)CO/C(=C/CC(C)OC)C(OCC)=C(C)C. The number of allylic oxidation sites excluding steroid dienone is 1. The molecular weight excluding hydrogens is 252 g/mol. The van der Waals surface area contributed by atoms with Gasteiger partial charge < -0.3 is 14.2 Å². The second-order valence-electron chi connectivity index (χ2n) is 5.14. The van der Waals surface area contributed by atoms with Gasteiger partial charge in [0.15, 0.2) is 11.5 Å². The van der Waals surface area contributed by atoms with Crippen molar-refractivity contribution in [1.29, 1.82) is 0 Å². The maximum absolute atomic E-state index is 5.92. The fourth-order valence-electron chi connectivity index (χ4n) is 1.48. The molecule has 0 fully saturated rings. The number of rotatable bonds is 10. The van der Waals surface area contributed by atoms with Gasteiger partial charge >= 0.3 is 0 Å². The molecule has 0 aromatic rings. The maximum atomic E-state index is 5.92. The van der Waals surface area contributed by atoms with E-state index in [9.17, 15) is 0 Å². The van der Waals surface area contributed by atoms with E-state index in [1.807, 2.05) is 39.8 Å². The first kappa shape index (κ1) is 18.8. The molecule has 2 atom stereocenters. The van der Waals surface area contributed by atoms with Gasteiger partial charge in [0.1, 0.15) is 0 Å². The van der Waals surface area contributed by atoms with E-state index in [0.29, 0.717) is 19.1 Å². The predicted molar refractivity (Wildman–Crippen MR) is 84.5 cm³/mol. The molecule has 3 heteroatoms. The molecule has 0 aliphatic heterocycles. The van der Waals surface area contributed by atoms with Gasteiger partial charge in [0.2, 0.25) is 0 Å². The van der Waals surface area contributed by atoms with Crippen LogP contribution in [0.5, 0.6) is 0 Å². The van der Waals surface area contributed by atoms with Crippen LogP contribution in [-0.2, 0) is 14.2 Å². The summed E-state index contributed by atoms with van der Waals surface area (Å²) in [5, 5.41) is 0. The Morgan fingerprint density at radius 1 is 1.20 bits per heavy atom. The summed E-state index contributed by atoms with van der Waals surface area (Å²) in [7, 11) is 1.71. The molecular formula is C17H30O3. The average molecular weight is 282 g/mol. The molecule has 0 rings (SSSR count). The quantitative estimate of drug-likeness (QED) is 0.336. The van der Waals surface area contributed by atoms with E-state index in [1.165, 1.54) is 0 Å². The van der Waals surface area contributed by atoms with E-state index in [0.717, 1.165) is 23.5 Å². The van der Waals surface area contributed by atoms with Crippen molar-refractivity contribution in [2.24, 2.45) is 5.92 Å². The van der Waals surface area contributed by atoms with Crippen LogP contribution < -0.4 is 0 Å². The lowest BCUT2D eigenvalue weighted by Gasteiger charge is -2.18. The summed E-state index contributed by atoms with van der Waals surface area (Å²) in [4.78, 5) is 0. The van der Waals surface area contributed by atoms with E-state index in [2.05, 4.69) is 13.5 Å². The Kier molecular flexibility index (Phi) is 9.91. The molecule has 20 heavy (non-hydrogen) atoms. The van der Waals surface area contributed by atoms with Crippen molar-refractivity contribution in [1.82, 2.24) is 0 Å². The van der Waals surface area contributed by atoms with Gasteiger partial charge in [-0.05, 0) is 45.8 Å². The summed E-state index contributed by atoms with van der Waals surface area (Å²) in [6, 6.07) is 0. The summed E-state index contributed by atoms with van der Waals surface area (Å²) in [6.45, 7) is 15.1. The molecule has 0 aromatic carbocycles. The largest absolute Gasteiger partial charge is 0.490 e. The standard InChI is InChI=1S/C17H30O3/c1-8-14(5)12-20-16(11-10-15(6)18-7)17(13(3)4)19-9-2/h8,11,14-15H,1,9-10,12H2,2-7H3/b16-11+. The van der Waals surface area contributed by atoms with Crippen molar-refractivity contribution < 1.29 is 14.2 Å². The van der Waals surface area contributed by atoms with E-state index in [1.54, 1.807) is 7.11 Å². The molecule has 0 aliphatic rings. The van der Waals surface area contributed by atoms with Gasteiger partial charge in [-0.3, -0.25) is 0 Å². The number of ether oxygens (including phenoxy) is 3. The van der Waals surface area contributed by atoms with Crippen LogP contribution in [0.4, 0.5) is 0 Å². The molecule has 0 N–H and O–H groups in total. The number of hydrogen-bond acceptors (Lipinski definition) is 3. The first-order valence-corrected chi connectivity index (χ1v) is 7.25. The lowest BCUT2D eigenvalue weighted by atomic mass is 10.2. The van der Waals surface area contributed by atoms with Crippen molar-refractivity contribution in [2.45, 2.75) is 47.1 Å². The van der Waals surface area contributed by atoms with Crippen LogP contribution in [0.3, 0.4) is 0 Å². The van der Waals surface area contributed by atoms with Crippen LogP contribution in [0.25, 0.3) is 0 Å². The summed E-state index contributed by atoms with van der Waals surface area (Å²) in [5.74, 6) is 1.93. The summed E-state index contributed by atoms with van der Waals surface area (Å²) >= 11 is 0. The van der Waals surface area contributed by atoms with Gasteiger partial charge in [-0.25, -0.2) is 0 Å². The molecule has 0 bridgehead atoms. The third-order valence-corrected chi connectivity index (χ3v) is 2.91. The number of hydrogen-bond donors (Lipinski definition) is 0. The summed E-state index contributed by atoms with van der Waals surface area (Å²) in [5.41, 5.74) is 1.11. The van der Waals surface area contributed by atoms with Crippen LogP contribution in [-0.4, -0.2) is 26.4 Å². The zero-order valence-electron chi connectivity index (χ0n) is 13.9. The van der Waals surface area contributed by atoms with Crippen molar-refractivity contribution >= 4 is 0 Å². The number of methoxy groups -OCH3 is 1. The summed E-state index contributed by atoms with van der Waals surface area (Å²) < 4.78 is 16.9. The zero-order chi connectivity index (χ0) is 15.5. The highest BCUT2D eigenvalue weighted by molar-refractivity contribution is 5.24. The fourth-order valence-corrected chi connectivity index (χ4v) is 1.48. The first-order valence-electron chi connectivity index (χ1n) is 7.25. The Balaban J connectivity index is 5.02. The Morgan fingerprint density at radius 2 is 1.85 bits per heavy atom. The molecule has 0 amide bonds. The monoisotopic (exact) mass is 282 g/mol. The third kappa shape index (κ3) is 7.39. The molecule has 0 heterocycles. The molecule has 0 aromatic heterocycles. The molecule has 0 saturated heterocycles. The highest BCUT2D eigenvalue weighted by Gasteiger charge is 2.12. The topological polar surface area (TPSA) is 27.7 Å². The molecule has 116 valence electrons. The van der Waals surface area contributed by atoms with Crippen molar-refractivity contribution in [3.8, 4) is 0 Å². The normalized spacial score (nSPS) is 14.4. The molecule has 0 aliphatic carbocycles. The Morgan fingerprint density at radius 3 is 2.30 bits per heavy atom. The van der Waals surface area contributed by atoms with E-state index >= 15 is 0 Å². The zero-order valence-corrected chi connectivity index (χ0v) is 13.9. The van der Waals surface area contributed by atoms with Gasteiger partial charge in [-0.2, -0.15) is 0 Å². The van der Waals surface area contributed by atoms with Gasteiger partial charge in [-0.15, -0.1) is 6.58 Å². The minimum atomic E-state index is 0.158. The smallest absolute Gasteiger partial charge is 0.159 e. The second kappa shape index (κ2) is 10.6. The molecule has 0 spiro atoms. The van der Waals surface area contributed by atoms with Crippen LogP contribution in [0.2, 0.25) is 0 Å². The Labute approximate surface area is 124 Å². The van der Waals surface area contributed by atoms with Crippen LogP contribution in [0.15, 0.2) is 35.8 Å². The minimum absolute atomic E-state index is 0.158. The fraction of sp³-hybridized carbons (Fsp3) is 0.647. The third-order valence-electron chi connectivity index (χ3n) is 2.91. The highest BCUT2D eigenvalue weighted by atomic mass is 16.5. The average Bonchev–Trinajstić information content (AvgIpc) is 2.44. The van der Waals surface area contributed by atoms with Crippen LogP contribution in [0.1, 0.15) is 41.0 Å². The van der Waals surface area contributed by atoms with Crippen molar-refractivity contribution in [3.05, 3.63) is 35.8 Å². The Hall–Kier alpha value is -1.22. The maximum Gasteiger partial charge on any atom is 0.159 e. The predicted octanol–water partition coefficient (Wildman–Crippen LogP) is 4.46. The highest BCUT2D eigenvalue weighted by Crippen LogP contribution is 2.20. The lowest BCUT2D eigenvalue weighted by molar-refractivity contribution is 0.115. The first-order chi connectivity index (χ1) is 9.46. The van der Waals surface area contributed by atoms with E-state index in [-0.39, 0.29) is 6.10 Å². The minimum Gasteiger partial charge on any atom is -0.490 e. The van der Waals surface area contributed by atoms with Gasteiger partial charge in [-0.1, -0.05) is 13.0 Å². The summed E-state index contributed by atoms with van der Waals surface area (Å²) in [6.07, 6.45) is 4.88. The van der Waals surface area contributed by atoms with Crippen LogP contribution in [0, 0.1) is 5.92 Å². The second-order valence-corrected chi connectivity index (χ2v) is 5.14. The van der Waals surface area contributed by atoms with Gasteiger partial charge in [0, 0.05) is 13.0 Å². The molecule has 2 unspecified atom stereocenters. The van der Waals surface area contributed by atoms with Crippen molar-refractivity contribution in [2.75, 3.05) is 20.3 Å².